The molecule has 32 heavy (non-hydrogen) atoms. The highest BCUT2D eigenvalue weighted by molar-refractivity contribution is 5.73. The molecule has 3 aromatic rings. The fourth-order valence-corrected chi connectivity index (χ4v) is 2.86. The van der Waals surface area contributed by atoms with Crippen LogP contribution in [0.25, 0.3) is 11.3 Å². The van der Waals surface area contributed by atoms with Crippen molar-refractivity contribution in [3.05, 3.63) is 48.3 Å². The van der Waals surface area contributed by atoms with E-state index < -0.39 is 12.1 Å². The van der Waals surface area contributed by atoms with E-state index in [1.807, 2.05) is 30.3 Å². The maximum atomic E-state index is 10.6. The Labute approximate surface area is 181 Å². The van der Waals surface area contributed by atoms with Gasteiger partial charge in [0.1, 0.15) is 0 Å². The number of hydrogen-bond donors (Lipinski definition) is 1. The standard InChI is InChI=1S/C18H21N5O2.C2HF3O2/c1-22-9-11-23(12-10-22)18-20-17(25-21-18)8-7-16-19-13-15(24-16)14-5-3-2-4-6-14;3-2(4,5)1(6)7/h2-6,13H,7-12H2,1H3;(H,6,7). The van der Waals surface area contributed by atoms with Gasteiger partial charge in [0.25, 0.3) is 5.95 Å². The monoisotopic (exact) mass is 453 g/mol. The molecule has 0 unspecified atom stereocenters. The Kier molecular flexibility index (Phi) is 7.46. The molecule has 0 bridgehead atoms. The number of hydrogen-bond acceptors (Lipinski definition) is 8. The minimum Gasteiger partial charge on any atom is -0.475 e. The van der Waals surface area contributed by atoms with Crippen LogP contribution in [0.5, 0.6) is 0 Å². The number of carbonyl (C=O) groups is 1. The van der Waals surface area contributed by atoms with E-state index >= 15 is 0 Å². The van der Waals surface area contributed by atoms with Crippen molar-refractivity contribution in [2.75, 3.05) is 38.1 Å². The van der Waals surface area contributed by atoms with E-state index in [0.717, 1.165) is 37.5 Å². The van der Waals surface area contributed by atoms with Crippen LogP contribution in [-0.2, 0) is 17.6 Å². The summed E-state index contributed by atoms with van der Waals surface area (Å²) in [6.07, 6.45) is -2.07. The van der Waals surface area contributed by atoms with Crippen LogP contribution in [-0.4, -0.2) is 70.5 Å². The molecule has 2 aromatic heterocycles. The van der Waals surface area contributed by atoms with Crippen molar-refractivity contribution in [3.63, 3.8) is 0 Å². The first-order valence-corrected chi connectivity index (χ1v) is 9.78. The van der Waals surface area contributed by atoms with Gasteiger partial charge in [0.2, 0.25) is 5.89 Å². The third-order valence-corrected chi connectivity index (χ3v) is 4.65. The zero-order valence-electron chi connectivity index (χ0n) is 17.2. The van der Waals surface area contributed by atoms with Crippen molar-refractivity contribution >= 4 is 11.9 Å². The summed E-state index contributed by atoms with van der Waals surface area (Å²) in [6.45, 7) is 3.89. The molecule has 1 saturated heterocycles. The fourth-order valence-electron chi connectivity index (χ4n) is 2.86. The quantitative estimate of drug-likeness (QED) is 0.624. The minimum absolute atomic E-state index is 0.619. The zero-order valence-corrected chi connectivity index (χ0v) is 17.2. The van der Waals surface area contributed by atoms with E-state index in [2.05, 4.69) is 32.0 Å². The Balaban J connectivity index is 0.000000360. The number of benzene rings is 1. The van der Waals surface area contributed by atoms with Gasteiger partial charge in [-0.3, -0.25) is 0 Å². The smallest absolute Gasteiger partial charge is 0.475 e. The number of halogens is 3. The first-order valence-electron chi connectivity index (χ1n) is 9.78. The van der Waals surface area contributed by atoms with Crippen LogP contribution < -0.4 is 4.90 Å². The predicted molar refractivity (Wildman–Crippen MR) is 107 cm³/mol. The van der Waals surface area contributed by atoms with Gasteiger partial charge in [-0.2, -0.15) is 18.2 Å². The van der Waals surface area contributed by atoms with Gasteiger partial charge in [0, 0.05) is 44.6 Å². The summed E-state index contributed by atoms with van der Waals surface area (Å²) in [7, 11) is 2.12. The molecule has 0 spiro atoms. The molecule has 9 nitrogen and oxygen atoms in total. The molecule has 0 radical (unpaired) electrons. The largest absolute Gasteiger partial charge is 0.490 e. The highest BCUT2D eigenvalue weighted by atomic mass is 19.4. The number of nitrogens with zero attached hydrogens (tertiary/aromatic N) is 5. The molecule has 172 valence electrons. The molecular weight excluding hydrogens is 431 g/mol. The Morgan fingerprint density at radius 2 is 1.72 bits per heavy atom. The maximum Gasteiger partial charge on any atom is 0.490 e. The molecule has 12 heteroatoms. The van der Waals surface area contributed by atoms with Gasteiger partial charge in [0.15, 0.2) is 11.7 Å². The van der Waals surface area contributed by atoms with Crippen LogP contribution in [0.15, 0.2) is 45.5 Å². The molecule has 0 saturated carbocycles. The first-order chi connectivity index (χ1) is 15.2. The molecule has 0 amide bonds. The van der Waals surface area contributed by atoms with Gasteiger partial charge < -0.3 is 23.8 Å². The van der Waals surface area contributed by atoms with Crippen LogP contribution in [0.1, 0.15) is 11.8 Å². The molecule has 1 fully saturated rings. The Hall–Kier alpha value is -3.41. The topological polar surface area (TPSA) is 109 Å². The lowest BCUT2D eigenvalue weighted by Crippen LogP contribution is -2.44. The Morgan fingerprint density at radius 1 is 1.09 bits per heavy atom. The molecule has 4 rings (SSSR count). The van der Waals surface area contributed by atoms with Crippen molar-refractivity contribution in [2.45, 2.75) is 19.0 Å². The van der Waals surface area contributed by atoms with Crippen LogP contribution in [0, 0.1) is 0 Å². The number of carboxylic acid groups (broad SMARTS) is 1. The van der Waals surface area contributed by atoms with E-state index in [1.54, 1.807) is 6.20 Å². The van der Waals surface area contributed by atoms with Crippen LogP contribution in [0.3, 0.4) is 0 Å². The highest BCUT2D eigenvalue weighted by Crippen LogP contribution is 2.20. The van der Waals surface area contributed by atoms with Crippen molar-refractivity contribution in [2.24, 2.45) is 0 Å². The normalized spacial score (nSPS) is 14.7. The second-order valence-corrected chi connectivity index (χ2v) is 7.07. The molecular formula is C20H22F3N5O4. The van der Waals surface area contributed by atoms with Crippen LogP contribution >= 0.6 is 0 Å². The zero-order chi connectivity index (χ0) is 23.1. The number of aromatic nitrogens is 3. The average molecular weight is 453 g/mol. The highest BCUT2D eigenvalue weighted by Gasteiger charge is 2.38. The van der Waals surface area contributed by atoms with Gasteiger partial charge in [-0.1, -0.05) is 30.3 Å². The Morgan fingerprint density at radius 3 is 2.34 bits per heavy atom. The summed E-state index contributed by atoms with van der Waals surface area (Å²) < 4.78 is 42.9. The van der Waals surface area contributed by atoms with Gasteiger partial charge in [0.05, 0.1) is 6.20 Å². The van der Waals surface area contributed by atoms with E-state index in [-0.39, 0.29) is 0 Å². The number of aliphatic carboxylic acids is 1. The number of alkyl halides is 3. The van der Waals surface area contributed by atoms with E-state index in [0.29, 0.717) is 30.6 Å². The third-order valence-electron chi connectivity index (χ3n) is 4.65. The van der Waals surface area contributed by atoms with Crippen molar-refractivity contribution < 1.29 is 32.0 Å². The average Bonchev–Trinajstić information content (AvgIpc) is 3.43. The van der Waals surface area contributed by atoms with Gasteiger partial charge >= 0.3 is 12.1 Å². The maximum absolute atomic E-state index is 10.6. The van der Waals surface area contributed by atoms with Crippen LogP contribution in [0.2, 0.25) is 0 Å². The number of rotatable bonds is 5. The molecule has 3 heterocycles. The van der Waals surface area contributed by atoms with Gasteiger partial charge in [-0.15, -0.1) is 0 Å². The molecule has 1 aliphatic rings. The summed E-state index contributed by atoms with van der Waals surface area (Å²) in [4.78, 5) is 22.2. The third kappa shape index (κ3) is 6.54. The van der Waals surface area contributed by atoms with Gasteiger partial charge in [-0.05, 0) is 12.2 Å². The number of aryl methyl sites for hydroxylation is 2. The number of anilines is 1. The lowest BCUT2D eigenvalue weighted by molar-refractivity contribution is -0.192. The molecule has 1 N–H and O–H groups in total. The van der Waals surface area contributed by atoms with Gasteiger partial charge in [-0.25, -0.2) is 9.78 Å². The summed E-state index contributed by atoms with van der Waals surface area (Å²) in [5, 5.41) is 11.2. The summed E-state index contributed by atoms with van der Waals surface area (Å²) in [5.41, 5.74) is 1.02. The molecule has 1 aromatic carbocycles. The Bertz CT molecular complexity index is 998. The number of oxazole rings is 1. The van der Waals surface area contributed by atoms with Crippen molar-refractivity contribution in [1.29, 1.82) is 0 Å². The minimum atomic E-state index is -5.08. The van der Waals surface area contributed by atoms with E-state index in [9.17, 15) is 13.2 Å². The SMILES string of the molecule is CN1CCN(c2noc(CCc3ncc(-c4ccccc4)o3)n2)CC1.O=C(O)C(F)(F)F. The summed E-state index contributed by atoms with van der Waals surface area (Å²) in [6, 6.07) is 9.95. The van der Waals surface area contributed by atoms with E-state index in [4.69, 9.17) is 18.8 Å². The second-order valence-electron chi connectivity index (χ2n) is 7.07. The van der Waals surface area contributed by atoms with E-state index in [1.165, 1.54) is 0 Å². The number of piperazine rings is 1. The summed E-state index contributed by atoms with van der Waals surface area (Å²) in [5.74, 6) is -0.00109. The molecule has 1 aliphatic heterocycles. The van der Waals surface area contributed by atoms with Crippen molar-refractivity contribution in [1.82, 2.24) is 20.0 Å². The number of carboxylic acids is 1. The fraction of sp³-hybridized carbons (Fsp3) is 0.400. The lowest BCUT2D eigenvalue weighted by atomic mass is 10.2. The molecule has 0 atom stereocenters. The molecule has 0 aliphatic carbocycles. The van der Waals surface area contributed by atoms with Crippen LogP contribution in [0.4, 0.5) is 19.1 Å². The predicted octanol–water partition coefficient (Wildman–Crippen LogP) is 2.89. The summed E-state index contributed by atoms with van der Waals surface area (Å²) >= 11 is 0. The first kappa shape index (κ1) is 23.3. The van der Waals surface area contributed by atoms with Crippen molar-refractivity contribution in [3.8, 4) is 11.3 Å². The second kappa shape index (κ2) is 10.3. The number of likely N-dealkylation sites (N-methyl/N-ethyl adjacent to an activating group) is 1. The lowest BCUT2D eigenvalue weighted by Gasteiger charge is -2.31.